The minimum atomic E-state index is 1.03. The highest BCUT2D eigenvalue weighted by molar-refractivity contribution is 4.81. The van der Waals surface area contributed by atoms with E-state index in [1.54, 1.807) is 0 Å². The molecule has 0 spiro atoms. The highest BCUT2D eigenvalue weighted by atomic mass is 13.9. The second-order valence-corrected chi connectivity index (χ2v) is 3.16. The van der Waals surface area contributed by atoms with Crippen molar-refractivity contribution in [2.45, 2.75) is 51.9 Å². The Hall–Kier alpha value is -0.260. The van der Waals surface area contributed by atoms with E-state index in [0.717, 1.165) is 12.8 Å². The van der Waals surface area contributed by atoms with Crippen molar-refractivity contribution in [3.8, 4) is 0 Å². The van der Waals surface area contributed by atoms with Crippen LogP contribution in [0.25, 0.3) is 0 Å². The first-order valence-electron chi connectivity index (χ1n) is 5.14. The fourth-order valence-corrected chi connectivity index (χ4v) is 1.14. The summed E-state index contributed by atoms with van der Waals surface area (Å²) in [6, 6.07) is 0. The molecule has 0 aliphatic rings. The molecule has 0 aliphatic heterocycles. The lowest BCUT2D eigenvalue weighted by Crippen LogP contribution is -1.76. The highest BCUT2D eigenvalue weighted by Crippen LogP contribution is 2.05. The molecule has 0 aromatic heterocycles. The molecule has 0 rings (SSSR count). The second kappa shape index (κ2) is 10.7. The van der Waals surface area contributed by atoms with Gasteiger partial charge in [-0.1, -0.05) is 45.3 Å². The van der Waals surface area contributed by atoms with Gasteiger partial charge in [0.15, 0.2) is 0 Å². The molecule has 12 heavy (non-hydrogen) atoms. The SMILES string of the molecule is [CH2]CCC=CCCCCC[CH]C. The minimum absolute atomic E-state index is 1.03. The van der Waals surface area contributed by atoms with E-state index in [1.807, 2.05) is 0 Å². The molecule has 0 saturated carbocycles. The molecule has 0 aliphatic carbocycles. The van der Waals surface area contributed by atoms with Crippen LogP contribution in [0, 0.1) is 13.3 Å². The predicted molar refractivity (Wildman–Crippen MR) is 56.8 cm³/mol. The van der Waals surface area contributed by atoms with E-state index in [-0.39, 0.29) is 0 Å². The first kappa shape index (κ1) is 11.7. The van der Waals surface area contributed by atoms with Crippen LogP contribution in [-0.2, 0) is 0 Å². The van der Waals surface area contributed by atoms with Crippen molar-refractivity contribution < 1.29 is 0 Å². The van der Waals surface area contributed by atoms with Gasteiger partial charge in [0.1, 0.15) is 0 Å². The van der Waals surface area contributed by atoms with E-state index in [0.29, 0.717) is 0 Å². The van der Waals surface area contributed by atoms with Crippen LogP contribution in [-0.4, -0.2) is 0 Å². The first-order chi connectivity index (χ1) is 5.91. The average molecular weight is 166 g/mol. The molecular weight excluding hydrogens is 144 g/mol. The predicted octanol–water partition coefficient (Wildman–Crippen LogP) is 4.33. The van der Waals surface area contributed by atoms with E-state index in [9.17, 15) is 0 Å². The Balaban J connectivity index is 2.90. The standard InChI is InChI=1S/C12H22/c1-3-5-7-9-11-12-10-8-6-4-2/h4,7,9H,1,3,5-6,8,10-12H2,2H3. The van der Waals surface area contributed by atoms with Crippen LogP contribution >= 0.6 is 0 Å². The summed E-state index contributed by atoms with van der Waals surface area (Å²) >= 11 is 0. The number of hydrogen-bond donors (Lipinski definition) is 0. The van der Waals surface area contributed by atoms with Crippen molar-refractivity contribution in [3.63, 3.8) is 0 Å². The van der Waals surface area contributed by atoms with Gasteiger partial charge >= 0.3 is 0 Å². The van der Waals surface area contributed by atoms with Crippen LogP contribution in [0.1, 0.15) is 51.9 Å². The van der Waals surface area contributed by atoms with Gasteiger partial charge in [-0.2, -0.15) is 0 Å². The largest absolute Gasteiger partial charge is 0.0885 e. The quantitative estimate of drug-likeness (QED) is 0.372. The Bertz CT molecular complexity index is 92.2. The number of rotatable bonds is 8. The third-order valence-electron chi connectivity index (χ3n) is 1.90. The summed E-state index contributed by atoms with van der Waals surface area (Å²) in [6.45, 7) is 5.92. The molecule has 2 radical (unpaired) electrons. The molecule has 0 atom stereocenters. The summed E-state index contributed by atoms with van der Waals surface area (Å²) in [5.41, 5.74) is 0. The summed E-state index contributed by atoms with van der Waals surface area (Å²) in [5, 5.41) is 0. The minimum Gasteiger partial charge on any atom is -0.0885 e. The van der Waals surface area contributed by atoms with Crippen LogP contribution in [0.2, 0.25) is 0 Å². The summed E-state index contributed by atoms with van der Waals surface area (Å²) < 4.78 is 0. The van der Waals surface area contributed by atoms with E-state index in [1.165, 1.54) is 32.1 Å². The van der Waals surface area contributed by atoms with Crippen LogP contribution < -0.4 is 0 Å². The van der Waals surface area contributed by atoms with Crippen LogP contribution in [0.5, 0.6) is 0 Å². The Morgan fingerprint density at radius 2 is 1.58 bits per heavy atom. The molecule has 0 N–H and O–H groups in total. The van der Waals surface area contributed by atoms with Gasteiger partial charge in [-0.3, -0.25) is 0 Å². The Kier molecular flexibility index (Phi) is 10.5. The van der Waals surface area contributed by atoms with Crippen molar-refractivity contribution in [3.05, 3.63) is 25.5 Å². The van der Waals surface area contributed by atoms with Gasteiger partial charge in [-0.05, 0) is 32.1 Å². The molecule has 0 heteroatoms. The first-order valence-corrected chi connectivity index (χ1v) is 5.14. The molecule has 0 aromatic carbocycles. The maximum absolute atomic E-state index is 3.79. The zero-order valence-electron chi connectivity index (χ0n) is 8.39. The van der Waals surface area contributed by atoms with Crippen LogP contribution in [0.4, 0.5) is 0 Å². The molecule has 0 nitrogen and oxygen atoms in total. The lowest BCUT2D eigenvalue weighted by molar-refractivity contribution is 0.681. The maximum Gasteiger partial charge on any atom is -0.0351 e. The number of allylic oxidation sites excluding steroid dienone is 2. The van der Waals surface area contributed by atoms with Crippen LogP contribution in [0.15, 0.2) is 12.2 Å². The van der Waals surface area contributed by atoms with Gasteiger partial charge in [0, 0.05) is 0 Å². The molecule has 70 valence electrons. The molecule has 0 aromatic rings. The lowest BCUT2D eigenvalue weighted by atomic mass is 10.1. The van der Waals surface area contributed by atoms with E-state index in [4.69, 9.17) is 0 Å². The fraction of sp³-hybridized carbons (Fsp3) is 0.667. The monoisotopic (exact) mass is 166 g/mol. The molecular formula is C12H22. The maximum atomic E-state index is 3.79. The highest BCUT2D eigenvalue weighted by Gasteiger charge is 1.85. The van der Waals surface area contributed by atoms with Gasteiger partial charge in [0.05, 0.1) is 0 Å². The Labute approximate surface area is 78.1 Å². The zero-order valence-corrected chi connectivity index (χ0v) is 8.39. The van der Waals surface area contributed by atoms with Gasteiger partial charge in [-0.15, -0.1) is 0 Å². The molecule has 0 amide bonds. The molecule has 0 heterocycles. The summed E-state index contributed by atoms with van der Waals surface area (Å²) in [6.07, 6.45) is 15.6. The summed E-state index contributed by atoms with van der Waals surface area (Å²) in [7, 11) is 0. The van der Waals surface area contributed by atoms with Gasteiger partial charge in [0.2, 0.25) is 0 Å². The second-order valence-electron chi connectivity index (χ2n) is 3.16. The third kappa shape index (κ3) is 9.74. The van der Waals surface area contributed by atoms with Crippen molar-refractivity contribution in [2.24, 2.45) is 0 Å². The molecule has 0 saturated heterocycles. The Morgan fingerprint density at radius 3 is 2.25 bits per heavy atom. The van der Waals surface area contributed by atoms with Crippen molar-refractivity contribution in [1.29, 1.82) is 0 Å². The zero-order chi connectivity index (χ0) is 9.07. The number of hydrogen-bond acceptors (Lipinski definition) is 0. The normalized spacial score (nSPS) is 11.2. The molecule has 0 bridgehead atoms. The average Bonchev–Trinajstić information content (AvgIpc) is 2.10. The van der Waals surface area contributed by atoms with Crippen LogP contribution in [0.3, 0.4) is 0 Å². The summed E-state index contributed by atoms with van der Waals surface area (Å²) in [5.74, 6) is 0. The van der Waals surface area contributed by atoms with Gasteiger partial charge in [-0.25, -0.2) is 0 Å². The van der Waals surface area contributed by atoms with Gasteiger partial charge < -0.3 is 0 Å². The molecule has 0 unspecified atom stereocenters. The third-order valence-corrected chi connectivity index (χ3v) is 1.90. The topological polar surface area (TPSA) is 0 Å². The fourth-order valence-electron chi connectivity index (χ4n) is 1.14. The molecule has 0 fully saturated rings. The van der Waals surface area contributed by atoms with Crippen molar-refractivity contribution in [2.75, 3.05) is 0 Å². The Morgan fingerprint density at radius 1 is 0.917 bits per heavy atom. The smallest absolute Gasteiger partial charge is 0.0351 e. The van der Waals surface area contributed by atoms with E-state index < -0.39 is 0 Å². The van der Waals surface area contributed by atoms with Crippen molar-refractivity contribution in [1.82, 2.24) is 0 Å². The van der Waals surface area contributed by atoms with Gasteiger partial charge in [0.25, 0.3) is 0 Å². The number of unbranched alkanes of at least 4 members (excludes halogenated alkanes) is 6. The lowest BCUT2D eigenvalue weighted by Gasteiger charge is -1.95. The van der Waals surface area contributed by atoms with E-state index in [2.05, 4.69) is 32.4 Å². The van der Waals surface area contributed by atoms with E-state index >= 15 is 0 Å². The summed E-state index contributed by atoms with van der Waals surface area (Å²) in [4.78, 5) is 0. The van der Waals surface area contributed by atoms with Crippen molar-refractivity contribution >= 4 is 0 Å².